The van der Waals surface area contributed by atoms with Crippen molar-refractivity contribution in [2.45, 2.75) is 20.8 Å². The van der Waals surface area contributed by atoms with Gasteiger partial charge < -0.3 is 0 Å². The minimum atomic E-state index is -0.326. The van der Waals surface area contributed by atoms with E-state index in [0.717, 1.165) is 21.3 Å². The van der Waals surface area contributed by atoms with Crippen molar-refractivity contribution in [3.05, 3.63) is 65.0 Å². The van der Waals surface area contributed by atoms with E-state index in [9.17, 15) is 4.79 Å². The molecule has 2 aromatic carbocycles. The molecule has 0 atom stereocenters. The minimum absolute atomic E-state index is 0.320. The second-order valence-corrected chi connectivity index (χ2v) is 7.51. The van der Waals surface area contributed by atoms with Crippen molar-refractivity contribution in [2.24, 2.45) is 0 Å². The number of carbonyl (C=O) groups excluding carboxylic acids is 1. The summed E-state index contributed by atoms with van der Waals surface area (Å²) < 4.78 is 2.46. The monoisotopic (exact) mass is 390 g/mol. The Morgan fingerprint density at radius 1 is 1.14 bits per heavy atom. The summed E-state index contributed by atoms with van der Waals surface area (Å²) in [6.07, 6.45) is 1.75. The molecular weight excluding hydrogens is 372 g/mol. The average molecular weight is 390 g/mol. The van der Waals surface area contributed by atoms with Crippen LogP contribution in [0.15, 0.2) is 42.5 Å². The number of nitrogens with zero attached hydrogens (tertiary/aromatic N) is 5. The first-order chi connectivity index (χ1) is 13.5. The van der Waals surface area contributed by atoms with Crippen LogP contribution < -0.4 is 5.32 Å². The van der Waals surface area contributed by atoms with Gasteiger partial charge in [-0.25, -0.2) is 4.98 Å². The van der Waals surface area contributed by atoms with Crippen molar-refractivity contribution in [1.29, 1.82) is 0 Å². The number of benzene rings is 2. The highest BCUT2D eigenvalue weighted by atomic mass is 32.1. The molecule has 0 radical (unpaired) electrons. The zero-order valence-electron chi connectivity index (χ0n) is 15.7. The summed E-state index contributed by atoms with van der Waals surface area (Å²) in [4.78, 5) is 17.7. The molecule has 0 saturated carbocycles. The van der Waals surface area contributed by atoms with Crippen LogP contribution in [0, 0.1) is 20.8 Å². The number of amides is 1. The van der Waals surface area contributed by atoms with Crippen LogP contribution in [-0.2, 0) is 4.79 Å². The zero-order valence-corrected chi connectivity index (χ0v) is 16.5. The van der Waals surface area contributed by atoms with Crippen LogP contribution in [0.2, 0.25) is 0 Å². The van der Waals surface area contributed by atoms with Crippen molar-refractivity contribution >= 4 is 44.4 Å². The van der Waals surface area contributed by atoms with Crippen LogP contribution in [0.25, 0.3) is 22.0 Å². The summed E-state index contributed by atoms with van der Waals surface area (Å²) in [5.74, 6) is 0.195. The van der Waals surface area contributed by atoms with Crippen molar-refractivity contribution < 1.29 is 4.79 Å². The molecule has 28 heavy (non-hydrogen) atoms. The van der Waals surface area contributed by atoms with E-state index in [1.807, 2.05) is 44.2 Å². The molecule has 0 fully saturated rings. The van der Waals surface area contributed by atoms with E-state index in [4.69, 9.17) is 0 Å². The van der Waals surface area contributed by atoms with Gasteiger partial charge in [0.15, 0.2) is 11.0 Å². The summed E-state index contributed by atoms with van der Waals surface area (Å²) >= 11 is 1.45. The number of carbonyl (C=O) groups is 1. The summed E-state index contributed by atoms with van der Waals surface area (Å²) in [5, 5.41) is 14.9. The number of aryl methyl sites for hydroxylation is 3. The molecule has 4 rings (SSSR count). The molecule has 0 aliphatic rings. The standard InChI is InChI=1S/C20H18N6OS/c1-12-9-13(2)18-17(10-12)28-20(21-18)22-19(27)16(26-14(3)23-24-25-26)11-15-7-5-4-6-8-15/h4-11H,1-3H3,(H,21,22,27). The smallest absolute Gasteiger partial charge is 0.276 e. The van der Waals surface area contributed by atoms with Gasteiger partial charge in [-0.2, -0.15) is 4.68 Å². The van der Waals surface area contributed by atoms with Gasteiger partial charge in [0.05, 0.1) is 10.2 Å². The number of tetrazole rings is 1. The maximum absolute atomic E-state index is 13.1. The second-order valence-electron chi connectivity index (χ2n) is 6.48. The predicted molar refractivity (Wildman–Crippen MR) is 111 cm³/mol. The quantitative estimate of drug-likeness (QED) is 0.535. The molecule has 0 aliphatic carbocycles. The van der Waals surface area contributed by atoms with Crippen LogP contribution in [0.4, 0.5) is 5.13 Å². The van der Waals surface area contributed by atoms with E-state index in [2.05, 4.69) is 38.0 Å². The highest BCUT2D eigenvalue weighted by molar-refractivity contribution is 7.22. The maximum Gasteiger partial charge on any atom is 0.276 e. The minimum Gasteiger partial charge on any atom is -0.296 e. The third kappa shape index (κ3) is 3.54. The van der Waals surface area contributed by atoms with Crippen molar-refractivity contribution in [1.82, 2.24) is 25.2 Å². The fourth-order valence-corrected chi connectivity index (χ4v) is 4.01. The van der Waals surface area contributed by atoms with Gasteiger partial charge >= 0.3 is 0 Å². The fraction of sp³-hybridized carbons (Fsp3) is 0.150. The van der Waals surface area contributed by atoms with Crippen LogP contribution in [-0.4, -0.2) is 31.1 Å². The van der Waals surface area contributed by atoms with Crippen LogP contribution in [0.5, 0.6) is 0 Å². The largest absolute Gasteiger partial charge is 0.296 e. The number of aromatic nitrogens is 5. The number of fused-ring (bicyclic) bond motifs is 1. The van der Waals surface area contributed by atoms with Gasteiger partial charge in [-0.1, -0.05) is 47.7 Å². The molecule has 2 heterocycles. The Bertz CT molecular complexity index is 1190. The lowest BCUT2D eigenvalue weighted by Crippen LogP contribution is -2.19. The van der Waals surface area contributed by atoms with Crippen molar-refractivity contribution in [3.8, 4) is 0 Å². The first-order valence-corrected chi connectivity index (χ1v) is 9.54. The molecule has 140 valence electrons. The molecule has 1 N–H and O–H groups in total. The van der Waals surface area contributed by atoms with Crippen LogP contribution in [0.3, 0.4) is 0 Å². The van der Waals surface area contributed by atoms with Gasteiger partial charge in [0, 0.05) is 0 Å². The average Bonchev–Trinajstić information content (AvgIpc) is 3.26. The topological polar surface area (TPSA) is 85.6 Å². The lowest BCUT2D eigenvalue weighted by molar-refractivity contribution is -0.111. The van der Waals surface area contributed by atoms with E-state index in [1.54, 1.807) is 13.0 Å². The Kier molecular flexibility index (Phi) is 4.70. The number of hydrogen-bond donors (Lipinski definition) is 1. The molecule has 1 amide bonds. The second kappa shape index (κ2) is 7.32. The number of thiazole rings is 1. The first-order valence-electron chi connectivity index (χ1n) is 8.72. The molecule has 8 heteroatoms. The Morgan fingerprint density at radius 2 is 1.93 bits per heavy atom. The predicted octanol–water partition coefficient (Wildman–Crippen LogP) is 3.84. The first kappa shape index (κ1) is 18.0. The lowest BCUT2D eigenvalue weighted by atomic mass is 10.1. The molecule has 0 aliphatic heterocycles. The van der Waals surface area contributed by atoms with Gasteiger partial charge in [0.2, 0.25) is 0 Å². The third-order valence-corrected chi connectivity index (χ3v) is 5.16. The van der Waals surface area contributed by atoms with E-state index >= 15 is 0 Å². The highest BCUT2D eigenvalue weighted by Crippen LogP contribution is 2.29. The number of anilines is 1. The molecular formula is C20H18N6OS. The van der Waals surface area contributed by atoms with Gasteiger partial charge in [-0.15, -0.1) is 5.10 Å². The molecule has 4 aromatic rings. The van der Waals surface area contributed by atoms with Crippen LogP contribution >= 0.6 is 11.3 Å². The van der Waals surface area contributed by atoms with E-state index in [-0.39, 0.29) is 5.91 Å². The normalized spacial score (nSPS) is 11.8. The molecule has 0 saturated heterocycles. The van der Waals surface area contributed by atoms with Gasteiger partial charge in [0.1, 0.15) is 5.70 Å². The maximum atomic E-state index is 13.1. The Morgan fingerprint density at radius 3 is 2.64 bits per heavy atom. The SMILES string of the molecule is Cc1cc(C)c2nc(NC(=O)C(=Cc3ccccc3)n3nnnc3C)sc2c1. The highest BCUT2D eigenvalue weighted by Gasteiger charge is 2.18. The number of rotatable bonds is 4. The van der Waals surface area contributed by atoms with Crippen molar-refractivity contribution in [2.75, 3.05) is 5.32 Å². The van der Waals surface area contributed by atoms with E-state index < -0.39 is 0 Å². The Balaban J connectivity index is 1.71. The summed E-state index contributed by atoms with van der Waals surface area (Å²) in [7, 11) is 0. The molecule has 0 spiro atoms. The van der Waals surface area contributed by atoms with E-state index in [0.29, 0.717) is 16.7 Å². The molecule has 7 nitrogen and oxygen atoms in total. The summed E-state index contributed by atoms with van der Waals surface area (Å²) in [5.41, 5.74) is 4.35. The third-order valence-electron chi connectivity index (χ3n) is 4.24. The lowest BCUT2D eigenvalue weighted by Gasteiger charge is -2.07. The van der Waals surface area contributed by atoms with Crippen LogP contribution in [0.1, 0.15) is 22.5 Å². The van der Waals surface area contributed by atoms with Gasteiger partial charge in [0.25, 0.3) is 5.91 Å². The van der Waals surface area contributed by atoms with E-state index in [1.165, 1.54) is 21.6 Å². The molecule has 0 unspecified atom stereocenters. The molecule has 0 bridgehead atoms. The zero-order chi connectivity index (χ0) is 19.7. The van der Waals surface area contributed by atoms with Gasteiger partial charge in [-0.05, 0) is 60.0 Å². The fourth-order valence-electron chi connectivity index (χ4n) is 2.97. The molecule has 2 aromatic heterocycles. The number of nitrogens with one attached hydrogen (secondary N) is 1. The Hall–Kier alpha value is -3.39. The van der Waals surface area contributed by atoms with Crippen molar-refractivity contribution in [3.63, 3.8) is 0 Å². The number of hydrogen-bond acceptors (Lipinski definition) is 6. The Labute approximate surface area is 165 Å². The summed E-state index contributed by atoms with van der Waals surface area (Å²) in [6, 6.07) is 13.7. The summed E-state index contributed by atoms with van der Waals surface area (Å²) in [6.45, 7) is 5.81. The van der Waals surface area contributed by atoms with Gasteiger partial charge in [-0.3, -0.25) is 10.1 Å².